The number of piperidine rings is 1. The number of hydrogen-bond acceptors (Lipinski definition) is 4. The van der Waals surface area contributed by atoms with Gasteiger partial charge >= 0.3 is 0 Å². The topological polar surface area (TPSA) is 69.1 Å². The van der Waals surface area contributed by atoms with Crippen LogP contribution < -0.4 is 15.4 Å². The van der Waals surface area contributed by atoms with Crippen LogP contribution in [0.2, 0.25) is 0 Å². The number of nitrogens with zero attached hydrogens (tertiary/aromatic N) is 2. The maximum absolute atomic E-state index is 10.0. The molecule has 0 spiro atoms. The maximum atomic E-state index is 10.0. The molecule has 0 aromatic heterocycles. The zero-order chi connectivity index (χ0) is 18.9. The van der Waals surface area contributed by atoms with Crippen molar-refractivity contribution in [3.05, 3.63) is 23.8 Å². The van der Waals surface area contributed by atoms with Gasteiger partial charge in [0.15, 0.2) is 5.96 Å². The third-order valence-electron chi connectivity index (χ3n) is 4.75. The van der Waals surface area contributed by atoms with Gasteiger partial charge in [0.2, 0.25) is 0 Å². The summed E-state index contributed by atoms with van der Waals surface area (Å²) in [4.78, 5) is 6.88. The van der Waals surface area contributed by atoms with Crippen molar-refractivity contribution in [2.75, 3.05) is 40.3 Å². The fourth-order valence-corrected chi connectivity index (χ4v) is 3.36. The molecule has 1 aliphatic rings. The van der Waals surface area contributed by atoms with Crippen molar-refractivity contribution in [2.24, 2.45) is 10.9 Å². The fraction of sp³-hybridized carbons (Fsp3) is 0.650. The number of likely N-dealkylation sites (tertiary alicyclic amines) is 1. The molecule has 0 saturated carbocycles. The first-order valence-electron chi connectivity index (χ1n) is 9.57. The molecule has 0 aliphatic carbocycles. The van der Waals surface area contributed by atoms with E-state index in [1.807, 2.05) is 12.1 Å². The summed E-state index contributed by atoms with van der Waals surface area (Å²) in [5, 5.41) is 16.9. The van der Waals surface area contributed by atoms with Crippen LogP contribution in [0.3, 0.4) is 0 Å². The van der Waals surface area contributed by atoms with Crippen molar-refractivity contribution < 1.29 is 9.84 Å². The minimum Gasteiger partial charge on any atom is -0.508 e. The lowest BCUT2D eigenvalue weighted by atomic mass is 10.0. The number of phenols is 1. The van der Waals surface area contributed by atoms with Crippen LogP contribution in [0.15, 0.2) is 23.2 Å². The van der Waals surface area contributed by atoms with Gasteiger partial charge in [0.25, 0.3) is 0 Å². The molecule has 27 heavy (non-hydrogen) atoms. The molecule has 1 aromatic carbocycles. The Labute approximate surface area is 180 Å². The van der Waals surface area contributed by atoms with Crippen LogP contribution in [0.5, 0.6) is 11.5 Å². The molecule has 1 fully saturated rings. The van der Waals surface area contributed by atoms with Crippen molar-refractivity contribution in [1.29, 1.82) is 0 Å². The predicted octanol–water partition coefficient (Wildman–Crippen LogP) is 2.85. The third-order valence-corrected chi connectivity index (χ3v) is 4.75. The molecule has 0 unspecified atom stereocenters. The first kappa shape index (κ1) is 23.8. The van der Waals surface area contributed by atoms with Crippen LogP contribution in [0.4, 0.5) is 0 Å². The molecule has 1 heterocycles. The molecule has 6 nitrogen and oxygen atoms in total. The Hall–Kier alpha value is -1.22. The standard InChI is InChI=1S/C20H34N4O2.HI/c1-15(2)14-24-11-8-17(9-12-24)23-20(21-3)22-10-7-16-5-6-18(26-4)13-19(16)25;/h5-6,13,15,17,25H,7-12,14H2,1-4H3,(H2,21,22,23);1H. The number of aromatic hydroxyl groups is 1. The molecule has 1 aromatic rings. The van der Waals surface area contributed by atoms with Gasteiger partial charge in [-0.25, -0.2) is 0 Å². The Morgan fingerprint density at radius 2 is 2.04 bits per heavy atom. The molecule has 0 amide bonds. The largest absolute Gasteiger partial charge is 0.508 e. The molecule has 154 valence electrons. The van der Waals surface area contributed by atoms with Crippen LogP contribution in [-0.2, 0) is 6.42 Å². The Kier molecular flexibility index (Phi) is 10.8. The second-order valence-electron chi connectivity index (χ2n) is 7.36. The van der Waals surface area contributed by atoms with Crippen LogP contribution in [0, 0.1) is 5.92 Å². The quantitative estimate of drug-likeness (QED) is 0.312. The Bertz CT molecular complexity index is 587. The summed E-state index contributed by atoms with van der Waals surface area (Å²) in [7, 11) is 3.40. The van der Waals surface area contributed by atoms with Gasteiger partial charge in [-0.1, -0.05) is 19.9 Å². The van der Waals surface area contributed by atoms with Gasteiger partial charge in [-0.15, -0.1) is 24.0 Å². The van der Waals surface area contributed by atoms with Crippen molar-refractivity contribution in [2.45, 2.75) is 39.2 Å². The molecular formula is C20H35IN4O2. The second-order valence-corrected chi connectivity index (χ2v) is 7.36. The summed E-state index contributed by atoms with van der Waals surface area (Å²) >= 11 is 0. The van der Waals surface area contributed by atoms with Crippen molar-refractivity contribution in [3.8, 4) is 11.5 Å². The zero-order valence-electron chi connectivity index (χ0n) is 17.0. The predicted molar refractivity (Wildman–Crippen MR) is 123 cm³/mol. The number of halogens is 1. The van der Waals surface area contributed by atoms with E-state index in [0.29, 0.717) is 18.3 Å². The molecular weight excluding hydrogens is 455 g/mol. The van der Waals surface area contributed by atoms with Crippen molar-refractivity contribution >= 4 is 29.9 Å². The van der Waals surface area contributed by atoms with Crippen molar-refractivity contribution in [3.63, 3.8) is 0 Å². The smallest absolute Gasteiger partial charge is 0.191 e. The molecule has 1 saturated heterocycles. The van der Waals surface area contributed by atoms with Gasteiger partial charge in [-0.3, -0.25) is 4.99 Å². The summed E-state index contributed by atoms with van der Waals surface area (Å²) < 4.78 is 5.12. The summed E-state index contributed by atoms with van der Waals surface area (Å²) in [6.45, 7) is 8.74. The second kappa shape index (κ2) is 12.3. The highest BCUT2D eigenvalue weighted by Gasteiger charge is 2.20. The number of benzene rings is 1. The lowest BCUT2D eigenvalue weighted by Gasteiger charge is -2.34. The Morgan fingerprint density at radius 1 is 1.33 bits per heavy atom. The monoisotopic (exact) mass is 490 g/mol. The summed E-state index contributed by atoms with van der Waals surface area (Å²) in [5.74, 6) is 2.50. The highest BCUT2D eigenvalue weighted by molar-refractivity contribution is 14.0. The molecule has 3 N–H and O–H groups in total. The van der Waals surface area contributed by atoms with E-state index >= 15 is 0 Å². The van der Waals surface area contributed by atoms with E-state index in [2.05, 4.69) is 34.4 Å². The summed E-state index contributed by atoms with van der Waals surface area (Å²) in [5.41, 5.74) is 0.899. The van der Waals surface area contributed by atoms with Gasteiger partial charge in [0.05, 0.1) is 7.11 Å². The lowest BCUT2D eigenvalue weighted by Crippen LogP contribution is -2.49. The van der Waals surface area contributed by atoms with Crippen LogP contribution in [-0.4, -0.2) is 62.3 Å². The van der Waals surface area contributed by atoms with Gasteiger partial charge in [0, 0.05) is 45.3 Å². The summed E-state index contributed by atoms with van der Waals surface area (Å²) in [6, 6.07) is 5.88. The minimum absolute atomic E-state index is 0. The highest BCUT2D eigenvalue weighted by Crippen LogP contribution is 2.23. The third kappa shape index (κ3) is 8.13. The van der Waals surface area contributed by atoms with E-state index in [1.54, 1.807) is 20.2 Å². The number of ether oxygens (including phenoxy) is 1. The maximum Gasteiger partial charge on any atom is 0.191 e. The lowest BCUT2D eigenvalue weighted by molar-refractivity contribution is 0.187. The first-order valence-corrected chi connectivity index (χ1v) is 9.57. The molecule has 0 atom stereocenters. The SMILES string of the molecule is CN=C(NCCc1ccc(OC)cc1O)NC1CCN(CC(C)C)CC1.I. The molecule has 0 radical (unpaired) electrons. The fourth-order valence-electron chi connectivity index (χ4n) is 3.36. The van der Waals surface area contributed by atoms with Crippen LogP contribution in [0.25, 0.3) is 0 Å². The number of methoxy groups -OCH3 is 1. The average Bonchev–Trinajstić information content (AvgIpc) is 2.63. The van der Waals surface area contributed by atoms with E-state index < -0.39 is 0 Å². The van der Waals surface area contributed by atoms with E-state index in [0.717, 1.165) is 49.8 Å². The van der Waals surface area contributed by atoms with Gasteiger partial charge < -0.3 is 25.4 Å². The van der Waals surface area contributed by atoms with Gasteiger partial charge in [-0.05, 0) is 36.8 Å². The molecule has 2 rings (SSSR count). The molecule has 0 bridgehead atoms. The number of aliphatic imine (C=N–C) groups is 1. The van der Waals surface area contributed by atoms with E-state index in [-0.39, 0.29) is 29.7 Å². The number of rotatable bonds is 7. The Morgan fingerprint density at radius 3 is 2.59 bits per heavy atom. The van der Waals surface area contributed by atoms with E-state index in [1.165, 1.54) is 6.54 Å². The van der Waals surface area contributed by atoms with Gasteiger partial charge in [0.1, 0.15) is 11.5 Å². The number of nitrogens with one attached hydrogen (secondary N) is 2. The zero-order valence-corrected chi connectivity index (χ0v) is 19.3. The van der Waals surface area contributed by atoms with Crippen LogP contribution >= 0.6 is 24.0 Å². The van der Waals surface area contributed by atoms with Crippen molar-refractivity contribution in [1.82, 2.24) is 15.5 Å². The average molecular weight is 490 g/mol. The first-order chi connectivity index (χ1) is 12.5. The molecule has 7 heteroatoms. The number of phenolic OH excluding ortho intramolecular Hbond substituents is 1. The minimum atomic E-state index is 0. The molecule has 1 aliphatic heterocycles. The van der Waals surface area contributed by atoms with E-state index in [4.69, 9.17) is 4.74 Å². The summed E-state index contributed by atoms with van der Waals surface area (Å²) in [6.07, 6.45) is 3.02. The number of guanidine groups is 1. The van der Waals surface area contributed by atoms with E-state index in [9.17, 15) is 5.11 Å². The number of hydrogen-bond donors (Lipinski definition) is 3. The normalized spacial score (nSPS) is 16.1. The van der Waals surface area contributed by atoms with Crippen LogP contribution in [0.1, 0.15) is 32.3 Å². The Balaban J connectivity index is 0.00000364. The highest BCUT2D eigenvalue weighted by atomic mass is 127. The van der Waals surface area contributed by atoms with Gasteiger partial charge in [-0.2, -0.15) is 0 Å².